The van der Waals surface area contributed by atoms with Gasteiger partial charge in [-0.05, 0) is 60.2 Å². The van der Waals surface area contributed by atoms with Crippen molar-refractivity contribution in [3.05, 3.63) is 71.0 Å². The van der Waals surface area contributed by atoms with E-state index in [1.54, 1.807) is 0 Å². The van der Waals surface area contributed by atoms with E-state index < -0.39 is 41.1 Å². The summed E-state index contributed by atoms with van der Waals surface area (Å²) < 4.78 is 88.7. The second kappa shape index (κ2) is 9.50. The number of esters is 1. The van der Waals surface area contributed by atoms with E-state index in [1.807, 2.05) is 6.92 Å². The Morgan fingerprint density at radius 1 is 0.938 bits per heavy atom. The number of alkyl halides is 3. The summed E-state index contributed by atoms with van der Waals surface area (Å²) in [7, 11) is 0. The summed E-state index contributed by atoms with van der Waals surface area (Å²) in [6.45, 7) is 2.00. The fraction of sp³-hybridized carbons (Fsp3) is 0.261. The summed E-state index contributed by atoms with van der Waals surface area (Å²) in [6.07, 6.45) is -2.00. The molecule has 0 aliphatic rings. The molecular weight excluding hydrogens is 438 g/mol. The zero-order valence-electron chi connectivity index (χ0n) is 16.9. The molecule has 3 aromatic carbocycles. The number of ether oxygens (including phenoxy) is 2. The highest BCUT2D eigenvalue weighted by Gasteiger charge is 2.32. The van der Waals surface area contributed by atoms with E-state index >= 15 is 0 Å². The van der Waals surface area contributed by atoms with Crippen LogP contribution >= 0.6 is 0 Å². The molecular formula is C23H18F6O3. The molecule has 0 aliphatic heterocycles. The molecule has 0 bridgehead atoms. The molecule has 0 aliphatic carbocycles. The summed E-state index contributed by atoms with van der Waals surface area (Å²) in [5.41, 5.74) is -0.451. The Labute approximate surface area is 179 Å². The van der Waals surface area contributed by atoms with E-state index in [-0.39, 0.29) is 16.5 Å². The smallest absolute Gasteiger partial charge is 0.423 e. The number of fused-ring (bicyclic) bond motifs is 1. The molecule has 170 valence electrons. The van der Waals surface area contributed by atoms with Gasteiger partial charge in [-0.1, -0.05) is 25.8 Å². The number of aryl methyl sites for hydroxylation is 1. The number of rotatable bonds is 7. The molecule has 3 rings (SSSR count). The number of carbonyl (C=O) groups is 1. The van der Waals surface area contributed by atoms with Crippen LogP contribution in [0, 0.1) is 17.5 Å². The largest absolute Gasteiger partial charge is 0.573 e. The summed E-state index contributed by atoms with van der Waals surface area (Å²) in [4.78, 5) is 12.3. The number of halogens is 6. The molecule has 3 nitrogen and oxygen atoms in total. The molecule has 0 heterocycles. The topological polar surface area (TPSA) is 35.5 Å². The van der Waals surface area contributed by atoms with Crippen molar-refractivity contribution in [3.8, 4) is 11.5 Å². The zero-order valence-corrected chi connectivity index (χ0v) is 16.9. The average molecular weight is 456 g/mol. The van der Waals surface area contributed by atoms with Crippen LogP contribution in [-0.4, -0.2) is 12.3 Å². The second-order valence-electron chi connectivity index (χ2n) is 7.09. The first kappa shape index (κ1) is 23.4. The van der Waals surface area contributed by atoms with Crippen LogP contribution in [0.25, 0.3) is 10.8 Å². The van der Waals surface area contributed by atoms with E-state index in [4.69, 9.17) is 4.74 Å². The summed E-state index contributed by atoms with van der Waals surface area (Å²) in [5.74, 6) is -5.87. The Kier molecular flexibility index (Phi) is 6.96. The fourth-order valence-corrected chi connectivity index (χ4v) is 3.22. The number of carbonyl (C=O) groups excluding carboxylic acids is 1. The molecule has 0 aromatic heterocycles. The molecule has 9 heteroatoms. The van der Waals surface area contributed by atoms with Crippen LogP contribution in [0.5, 0.6) is 11.5 Å². The van der Waals surface area contributed by atoms with Crippen LogP contribution in [0.3, 0.4) is 0 Å². The van der Waals surface area contributed by atoms with Gasteiger partial charge in [-0.15, -0.1) is 13.2 Å². The lowest BCUT2D eigenvalue weighted by Crippen LogP contribution is -2.18. The maximum absolute atomic E-state index is 14.4. The fourth-order valence-electron chi connectivity index (χ4n) is 3.22. The molecule has 0 amide bonds. The van der Waals surface area contributed by atoms with E-state index in [0.717, 1.165) is 61.7 Å². The van der Waals surface area contributed by atoms with Crippen molar-refractivity contribution < 1.29 is 40.6 Å². The van der Waals surface area contributed by atoms with Gasteiger partial charge in [0, 0.05) is 5.39 Å². The van der Waals surface area contributed by atoms with Gasteiger partial charge in [-0.2, -0.15) is 0 Å². The Morgan fingerprint density at radius 3 is 2.25 bits per heavy atom. The van der Waals surface area contributed by atoms with Gasteiger partial charge in [-0.3, -0.25) is 0 Å². The standard InChI is InChI=1S/C23H18F6O3/c1-2-3-4-5-13-10-17(24)20(18(25)11-13)22(30)31-15-7-8-16-14(12-15)6-9-19(21(16)26)32-23(27,28)29/h6-12H,2-5H2,1H3. The van der Waals surface area contributed by atoms with Gasteiger partial charge in [0.25, 0.3) is 0 Å². The van der Waals surface area contributed by atoms with Crippen molar-refractivity contribution in [2.24, 2.45) is 0 Å². The highest BCUT2D eigenvalue weighted by Crippen LogP contribution is 2.32. The molecule has 0 unspecified atom stereocenters. The van der Waals surface area contributed by atoms with E-state index in [0.29, 0.717) is 12.0 Å². The van der Waals surface area contributed by atoms with Crippen LogP contribution in [-0.2, 0) is 6.42 Å². The quantitative estimate of drug-likeness (QED) is 0.165. The van der Waals surface area contributed by atoms with Crippen LogP contribution in [0.4, 0.5) is 26.3 Å². The minimum absolute atomic E-state index is 0.0922. The van der Waals surface area contributed by atoms with Gasteiger partial charge in [-0.25, -0.2) is 18.0 Å². The van der Waals surface area contributed by atoms with Gasteiger partial charge in [0.1, 0.15) is 22.9 Å². The summed E-state index contributed by atoms with van der Waals surface area (Å²) in [5, 5.41) is -0.130. The molecule has 0 spiro atoms. The monoisotopic (exact) mass is 456 g/mol. The molecule has 0 atom stereocenters. The third kappa shape index (κ3) is 5.52. The zero-order chi connectivity index (χ0) is 23.5. The maximum atomic E-state index is 14.4. The lowest BCUT2D eigenvalue weighted by molar-refractivity contribution is -0.275. The molecule has 0 N–H and O–H groups in total. The number of benzene rings is 3. The first-order chi connectivity index (χ1) is 15.1. The van der Waals surface area contributed by atoms with Crippen LogP contribution in [0.15, 0.2) is 42.5 Å². The van der Waals surface area contributed by atoms with Gasteiger partial charge in [0.15, 0.2) is 11.6 Å². The van der Waals surface area contributed by atoms with Crippen molar-refractivity contribution in [2.75, 3.05) is 0 Å². The van der Waals surface area contributed by atoms with Gasteiger partial charge >= 0.3 is 12.3 Å². The normalized spacial score (nSPS) is 11.6. The molecule has 3 aromatic rings. The Morgan fingerprint density at radius 2 is 1.62 bits per heavy atom. The number of hydrogen-bond donors (Lipinski definition) is 0. The van der Waals surface area contributed by atoms with E-state index in [2.05, 4.69) is 4.74 Å². The molecule has 0 saturated heterocycles. The molecule has 32 heavy (non-hydrogen) atoms. The van der Waals surface area contributed by atoms with Crippen LogP contribution in [0.1, 0.15) is 42.1 Å². The van der Waals surface area contributed by atoms with Crippen molar-refractivity contribution in [1.29, 1.82) is 0 Å². The average Bonchev–Trinajstić information content (AvgIpc) is 2.69. The molecule has 0 saturated carbocycles. The van der Waals surface area contributed by atoms with Crippen molar-refractivity contribution >= 4 is 16.7 Å². The SMILES string of the molecule is CCCCCc1cc(F)c(C(=O)Oc2ccc3c(F)c(OC(F)(F)F)ccc3c2)c(F)c1. The minimum atomic E-state index is -5.07. The van der Waals surface area contributed by atoms with E-state index in [1.165, 1.54) is 0 Å². The van der Waals surface area contributed by atoms with Crippen molar-refractivity contribution in [1.82, 2.24) is 0 Å². The van der Waals surface area contributed by atoms with Crippen molar-refractivity contribution in [3.63, 3.8) is 0 Å². The predicted molar refractivity (Wildman–Crippen MR) is 105 cm³/mol. The highest BCUT2D eigenvalue weighted by atomic mass is 19.4. The lowest BCUT2D eigenvalue weighted by Gasteiger charge is -2.12. The van der Waals surface area contributed by atoms with Crippen LogP contribution in [0.2, 0.25) is 0 Å². The van der Waals surface area contributed by atoms with E-state index in [9.17, 15) is 31.1 Å². The first-order valence-corrected chi connectivity index (χ1v) is 9.77. The molecule has 0 radical (unpaired) electrons. The minimum Gasteiger partial charge on any atom is -0.423 e. The van der Waals surface area contributed by atoms with Gasteiger partial charge < -0.3 is 9.47 Å². The third-order valence-electron chi connectivity index (χ3n) is 4.70. The Bertz CT molecular complexity index is 1120. The summed E-state index contributed by atoms with van der Waals surface area (Å²) >= 11 is 0. The van der Waals surface area contributed by atoms with Gasteiger partial charge in [0.2, 0.25) is 0 Å². The van der Waals surface area contributed by atoms with Crippen LogP contribution < -0.4 is 9.47 Å². The Hall–Kier alpha value is -3.23. The van der Waals surface area contributed by atoms with Crippen molar-refractivity contribution in [2.45, 2.75) is 39.0 Å². The third-order valence-corrected chi connectivity index (χ3v) is 4.70. The Balaban J connectivity index is 1.82. The lowest BCUT2D eigenvalue weighted by atomic mass is 10.0. The maximum Gasteiger partial charge on any atom is 0.573 e. The number of hydrogen-bond acceptors (Lipinski definition) is 3. The second-order valence-corrected chi connectivity index (χ2v) is 7.09. The summed E-state index contributed by atoms with van der Waals surface area (Å²) in [6, 6.07) is 7.37. The van der Waals surface area contributed by atoms with Gasteiger partial charge in [0.05, 0.1) is 0 Å². The molecule has 0 fully saturated rings. The highest BCUT2D eigenvalue weighted by molar-refractivity contribution is 5.93. The predicted octanol–water partition coefficient (Wildman–Crippen LogP) is 7.11. The number of unbranched alkanes of at least 4 members (excludes halogenated alkanes) is 2. The first-order valence-electron chi connectivity index (χ1n) is 9.77.